The normalized spacial score (nSPS) is 11.2. The highest BCUT2D eigenvalue weighted by atomic mass is 79.9. The molecule has 0 bridgehead atoms. The van der Waals surface area contributed by atoms with E-state index in [0.29, 0.717) is 10.6 Å². The topological polar surface area (TPSA) is 46.0 Å². The molecule has 0 aliphatic rings. The van der Waals surface area contributed by atoms with Gasteiger partial charge in [0.1, 0.15) is 0 Å². The van der Waals surface area contributed by atoms with Crippen molar-refractivity contribution in [2.45, 2.75) is 6.92 Å². The molecule has 0 saturated carbocycles. The Bertz CT molecular complexity index is 895. The monoisotopic (exact) mass is 372 g/mol. The Morgan fingerprint density at radius 1 is 1.18 bits per heavy atom. The van der Waals surface area contributed by atoms with Gasteiger partial charge in [0.05, 0.1) is 6.21 Å². The van der Waals surface area contributed by atoms with E-state index in [0.717, 1.165) is 21.2 Å². The second-order valence-corrected chi connectivity index (χ2v) is 5.99. The Balaban J connectivity index is 2.06. The van der Waals surface area contributed by atoms with E-state index >= 15 is 0 Å². The van der Waals surface area contributed by atoms with Crippen LogP contribution in [-0.2, 0) is 0 Å². The van der Waals surface area contributed by atoms with E-state index in [1.54, 1.807) is 10.9 Å². The van der Waals surface area contributed by atoms with Crippen LogP contribution < -0.4 is 0 Å². The lowest BCUT2D eigenvalue weighted by atomic mass is 10.1. The van der Waals surface area contributed by atoms with Gasteiger partial charge in [-0.05, 0) is 42.4 Å². The minimum absolute atomic E-state index is 0.454. The minimum atomic E-state index is 0.454. The smallest absolute Gasteiger partial charge is 0.216 e. The summed E-state index contributed by atoms with van der Waals surface area (Å²) in [5.41, 5.74) is 3.13. The fourth-order valence-corrected chi connectivity index (χ4v) is 2.71. The molecule has 0 amide bonds. The molecule has 0 unspecified atom stereocenters. The number of nitrogens with one attached hydrogen (secondary N) is 1. The molecular formula is C16H13BrN4S. The number of aromatic nitrogens is 3. The molecule has 0 radical (unpaired) electrons. The number of hydrogen-bond acceptors (Lipinski definition) is 3. The molecule has 0 saturated heterocycles. The van der Waals surface area contributed by atoms with Gasteiger partial charge in [-0.2, -0.15) is 14.9 Å². The first-order valence-corrected chi connectivity index (χ1v) is 7.89. The van der Waals surface area contributed by atoms with Crippen molar-refractivity contribution in [3.63, 3.8) is 0 Å². The molecular weight excluding hydrogens is 360 g/mol. The zero-order chi connectivity index (χ0) is 15.5. The van der Waals surface area contributed by atoms with Gasteiger partial charge in [-0.15, -0.1) is 0 Å². The third-order valence-electron chi connectivity index (χ3n) is 3.27. The number of rotatable bonds is 3. The summed E-state index contributed by atoms with van der Waals surface area (Å²) < 4.78 is 3.02. The second-order valence-electron chi connectivity index (χ2n) is 4.75. The number of hydrogen-bond donors (Lipinski definition) is 1. The predicted octanol–water partition coefficient (Wildman–Crippen LogP) is 4.56. The van der Waals surface area contributed by atoms with Crippen LogP contribution >= 0.6 is 28.1 Å². The van der Waals surface area contributed by atoms with Crippen LogP contribution in [0.4, 0.5) is 0 Å². The number of aryl methyl sites for hydroxylation is 1. The zero-order valence-corrected chi connectivity index (χ0v) is 14.2. The summed E-state index contributed by atoms with van der Waals surface area (Å²) in [6.07, 6.45) is 1.79. The highest BCUT2D eigenvalue weighted by Gasteiger charge is 2.10. The van der Waals surface area contributed by atoms with Gasteiger partial charge in [0.25, 0.3) is 0 Å². The van der Waals surface area contributed by atoms with Crippen molar-refractivity contribution in [3.05, 3.63) is 68.9 Å². The first-order valence-electron chi connectivity index (χ1n) is 6.69. The van der Waals surface area contributed by atoms with Crippen molar-refractivity contribution in [3.8, 4) is 11.4 Å². The molecule has 22 heavy (non-hydrogen) atoms. The fourth-order valence-electron chi connectivity index (χ4n) is 2.07. The van der Waals surface area contributed by atoms with Crippen LogP contribution in [0.5, 0.6) is 0 Å². The highest BCUT2D eigenvalue weighted by molar-refractivity contribution is 9.10. The van der Waals surface area contributed by atoms with Crippen LogP contribution in [0.2, 0.25) is 0 Å². The summed E-state index contributed by atoms with van der Waals surface area (Å²) in [5, 5.41) is 11.6. The van der Waals surface area contributed by atoms with Crippen LogP contribution in [-0.4, -0.2) is 21.1 Å². The van der Waals surface area contributed by atoms with Gasteiger partial charge in [0.15, 0.2) is 5.82 Å². The Morgan fingerprint density at radius 2 is 1.91 bits per heavy atom. The third kappa shape index (κ3) is 2.93. The molecule has 6 heteroatoms. The van der Waals surface area contributed by atoms with E-state index in [1.165, 1.54) is 0 Å². The van der Waals surface area contributed by atoms with E-state index in [9.17, 15) is 0 Å². The van der Waals surface area contributed by atoms with Gasteiger partial charge in [-0.25, -0.2) is 5.10 Å². The van der Waals surface area contributed by atoms with Crippen molar-refractivity contribution < 1.29 is 0 Å². The standard InChI is InChI=1S/C16H13BrN4S/c1-11-6-2-3-7-12(11)10-18-21-15(19-20-16(21)22)13-8-4-5-9-14(13)17/h2-10H,1H3,(H,20,22)/b18-10-. The maximum Gasteiger partial charge on any atom is 0.216 e. The van der Waals surface area contributed by atoms with Crippen LogP contribution in [0.25, 0.3) is 11.4 Å². The first-order chi connectivity index (χ1) is 10.7. The molecule has 0 spiro atoms. The molecule has 110 valence electrons. The fraction of sp³-hybridized carbons (Fsp3) is 0.0625. The molecule has 1 aromatic heterocycles. The predicted molar refractivity (Wildman–Crippen MR) is 94.7 cm³/mol. The maximum atomic E-state index is 5.28. The molecule has 4 nitrogen and oxygen atoms in total. The molecule has 3 aromatic rings. The summed E-state index contributed by atoms with van der Waals surface area (Å²) in [6.45, 7) is 2.05. The van der Waals surface area contributed by atoms with E-state index in [4.69, 9.17) is 12.2 Å². The summed E-state index contributed by atoms with van der Waals surface area (Å²) in [5.74, 6) is 0.669. The Hall–Kier alpha value is -2.05. The summed E-state index contributed by atoms with van der Waals surface area (Å²) in [4.78, 5) is 0. The minimum Gasteiger partial charge on any atom is -0.250 e. The van der Waals surface area contributed by atoms with Crippen LogP contribution in [0, 0.1) is 11.7 Å². The largest absolute Gasteiger partial charge is 0.250 e. The van der Waals surface area contributed by atoms with Crippen molar-refractivity contribution in [2.24, 2.45) is 5.10 Å². The van der Waals surface area contributed by atoms with Crippen LogP contribution in [0.3, 0.4) is 0 Å². The lowest BCUT2D eigenvalue weighted by Crippen LogP contribution is -1.96. The molecule has 0 aliphatic heterocycles. The Morgan fingerprint density at radius 3 is 2.68 bits per heavy atom. The molecule has 1 N–H and O–H groups in total. The van der Waals surface area contributed by atoms with Crippen molar-refractivity contribution in [1.82, 2.24) is 14.9 Å². The van der Waals surface area contributed by atoms with Gasteiger partial charge in [0, 0.05) is 10.0 Å². The van der Waals surface area contributed by atoms with Gasteiger partial charge in [0.2, 0.25) is 4.77 Å². The Labute approximate surface area is 141 Å². The zero-order valence-electron chi connectivity index (χ0n) is 11.8. The quantitative estimate of drug-likeness (QED) is 0.540. The van der Waals surface area contributed by atoms with Gasteiger partial charge in [-0.3, -0.25) is 0 Å². The lowest BCUT2D eigenvalue weighted by Gasteiger charge is -2.03. The van der Waals surface area contributed by atoms with Crippen LogP contribution in [0.1, 0.15) is 11.1 Å². The SMILES string of the molecule is Cc1ccccc1/C=N\n1c(-c2ccccc2Br)n[nH]c1=S. The van der Waals surface area contributed by atoms with Gasteiger partial charge in [-0.1, -0.05) is 52.3 Å². The van der Waals surface area contributed by atoms with Crippen LogP contribution in [0.15, 0.2) is 58.1 Å². The summed E-state index contributed by atoms with van der Waals surface area (Å²) >= 11 is 8.81. The molecule has 0 atom stereocenters. The first kappa shape index (κ1) is 14.9. The molecule has 3 rings (SSSR count). The van der Waals surface area contributed by atoms with E-state index < -0.39 is 0 Å². The average molecular weight is 373 g/mol. The summed E-state index contributed by atoms with van der Waals surface area (Å²) in [7, 11) is 0. The van der Waals surface area contributed by atoms with Crippen molar-refractivity contribution >= 4 is 34.4 Å². The molecule has 2 aromatic carbocycles. The second kappa shape index (κ2) is 6.37. The molecule has 1 heterocycles. The number of benzene rings is 2. The van der Waals surface area contributed by atoms with E-state index in [1.807, 2.05) is 55.5 Å². The average Bonchev–Trinajstić information content (AvgIpc) is 2.88. The maximum absolute atomic E-state index is 5.28. The van der Waals surface area contributed by atoms with Crippen molar-refractivity contribution in [1.29, 1.82) is 0 Å². The number of halogens is 1. The van der Waals surface area contributed by atoms with Gasteiger partial charge >= 0.3 is 0 Å². The van der Waals surface area contributed by atoms with E-state index in [2.05, 4.69) is 31.2 Å². The van der Waals surface area contributed by atoms with Gasteiger partial charge < -0.3 is 0 Å². The number of aromatic amines is 1. The molecule has 0 aliphatic carbocycles. The lowest BCUT2D eigenvalue weighted by molar-refractivity contribution is 0.871. The molecule has 0 fully saturated rings. The summed E-state index contributed by atoms with van der Waals surface area (Å²) in [6, 6.07) is 15.9. The highest BCUT2D eigenvalue weighted by Crippen LogP contribution is 2.26. The van der Waals surface area contributed by atoms with Crippen molar-refractivity contribution in [2.75, 3.05) is 0 Å². The third-order valence-corrected chi connectivity index (χ3v) is 4.22. The number of H-pyrrole nitrogens is 1. The number of nitrogens with zero attached hydrogens (tertiary/aromatic N) is 3. The van der Waals surface area contributed by atoms with E-state index in [-0.39, 0.29) is 0 Å². The Kier molecular flexibility index (Phi) is 4.31.